The van der Waals surface area contributed by atoms with Gasteiger partial charge in [0.25, 0.3) is 0 Å². The van der Waals surface area contributed by atoms with Crippen LogP contribution in [-0.2, 0) is 0 Å². The molecule has 0 aromatic rings. The molecule has 2 fully saturated rings. The zero-order chi connectivity index (χ0) is 10.8. The third-order valence-corrected chi connectivity index (χ3v) is 5.72. The highest BCUT2D eigenvalue weighted by Crippen LogP contribution is 2.66. The van der Waals surface area contributed by atoms with Crippen LogP contribution in [0.25, 0.3) is 0 Å². The van der Waals surface area contributed by atoms with Gasteiger partial charge >= 0.3 is 0 Å². The first-order valence-corrected chi connectivity index (χ1v) is 6.61. The molecule has 0 aromatic carbocycles. The average Bonchev–Trinajstić information content (AvgIpc) is 2.36. The Labute approximate surface area is 94.1 Å². The van der Waals surface area contributed by atoms with E-state index in [2.05, 4.69) is 33.8 Å². The first-order chi connectivity index (χ1) is 6.92. The van der Waals surface area contributed by atoms with Gasteiger partial charge in [-0.05, 0) is 61.2 Å². The fourth-order valence-corrected chi connectivity index (χ4v) is 4.90. The number of hydrogen-bond acceptors (Lipinski definition) is 0. The summed E-state index contributed by atoms with van der Waals surface area (Å²) in [6.07, 6.45) is 8.47. The van der Waals surface area contributed by atoms with E-state index in [1.54, 1.807) is 5.57 Å². The molecule has 0 aliphatic heterocycles. The Balaban J connectivity index is 1.98. The molecule has 0 unspecified atom stereocenters. The third kappa shape index (κ3) is 1.20. The summed E-state index contributed by atoms with van der Waals surface area (Å²) < 4.78 is 0. The van der Waals surface area contributed by atoms with Crippen LogP contribution in [0.5, 0.6) is 0 Å². The predicted molar refractivity (Wildman–Crippen MR) is 64.6 cm³/mol. The smallest absolute Gasteiger partial charge is 0.0149 e. The average molecular weight is 204 g/mol. The van der Waals surface area contributed by atoms with Crippen LogP contribution in [0, 0.1) is 28.6 Å². The molecule has 0 heteroatoms. The van der Waals surface area contributed by atoms with Crippen molar-refractivity contribution in [1.82, 2.24) is 0 Å². The van der Waals surface area contributed by atoms with E-state index in [0.29, 0.717) is 10.8 Å². The van der Waals surface area contributed by atoms with Crippen LogP contribution >= 0.6 is 0 Å². The van der Waals surface area contributed by atoms with Crippen molar-refractivity contribution >= 4 is 0 Å². The lowest BCUT2D eigenvalue weighted by molar-refractivity contribution is -0.0163. The van der Waals surface area contributed by atoms with Gasteiger partial charge in [0.2, 0.25) is 0 Å². The molecule has 84 valence electrons. The Morgan fingerprint density at radius 2 is 1.93 bits per heavy atom. The summed E-state index contributed by atoms with van der Waals surface area (Å²) in [6.45, 7) is 9.87. The van der Waals surface area contributed by atoms with Crippen LogP contribution in [0.1, 0.15) is 53.4 Å². The lowest BCUT2D eigenvalue weighted by atomic mass is 9.48. The maximum absolute atomic E-state index is 2.63. The number of allylic oxidation sites excluding steroid dienone is 2. The Kier molecular flexibility index (Phi) is 1.79. The van der Waals surface area contributed by atoms with E-state index in [9.17, 15) is 0 Å². The molecule has 0 bridgehead atoms. The van der Waals surface area contributed by atoms with Crippen molar-refractivity contribution in [1.29, 1.82) is 0 Å². The van der Waals surface area contributed by atoms with E-state index >= 15 is 0 Å². The molecule has 0 radical (unpaired) electrons. The van der Waals surface area contributed by atoms with Crippen molar-refractivity contribution < 1.29 is 0 Å². The molecule has 0 heterocycles. The maximum atomic E-state index is 2.63. The van der Waals surface area contributed by atoms with Crippen molar-refractivity contribution in [3.63, 3.8) is 0 Å². The molecule has 3 rings (SSSR count). The van der Waals surface area contributed by atoms with Gasteiger partial charge in [-0.1, -0.05) is 32.4 Å². The zero-order valence-electron chi connectivity index (χ0n) is 10.6. The van der Waals surface area contributed by atoms with Gasteiger partial charge in [0, 0.05) is 0 Å². The summed E-state index contributed by atoms with van der Waals surface area (Å²) >= 11 is 0. The van der Waals surface area contributed by atoms with E-state index in [1.165, 1.54) is 25.7 Å². The Morgan fingerprint density at radius 3 is 2.53 bits per heavy atom. The van der Waals surface area contributed by atoms with E-state index < -0.39 is 0 Å². The summed E-state index contributed by atoms with van der Waals surface area (Å²) in [7, 11) is 0. The summed E-state index contributed by atoms with van der Waals surface area (Å²) in [5.74, 6) is 2.84. The molecule has 15 heavy (non-hydrogen) atoms. The quantitative estimate of drug-likeness (QED) is 0.513. The van der Waals surface area contributed by atoms with Crippen LogP contribution in [0.4, 0.5) is 0 Å². The third-order valence-electron chi connectivity index (χ3n) is 5.72. The second-order valence-electron chi connectivity index (χ2n) is 7.35. The van der Waals surface area contributed by atoms with Crippen LogP contribution in [0.15, 0.2) is 11.6 Å². The minimum Gasteiger partial charge on any atom is -0.0819 e. The molecule has 0 saturated heterocycles. The van der Waals surface area contributed by atoms with Crippen LogP contribution in [0.3, 0.4) is 0 Å². The SMILES string of the molecule is CC1=C[C@@H]2CC(C)(C)C[C@@H]2[C@@]2(C)CC[C@@H]12. The zero-order valence-corrected chi connectivity index (χ0v) is 10.6. The molecule has 2 saturated carbocycles. The second-order valence-corrected chi connectivity index (χ2v) is 7.35. The van der Waals surface area contributed by atoms with Gasteiger partial charge in [0.05, 0.1) is 0 Å². The second kappa shape index (κ2) is 2.70. The highest BCUT2D eigenvalue weighted by molar-refractivity contribution is 5.24. The van der Waals surface area contributed by atoms with Gasteiger partial charge in [-0.15, -0.1) is 0 Å². The van der Waals surface area contributed by atoms with Crippen molar-refractivity contribution in [3.05, 3.63) is 11.6 Å². The number of hydrogen-bond donors (Lipinski definition) is 0. The Morgan fingerprint density at radius 1 is 1.20 bits per heavy atom. The van der Waals surface area contributed by atoms with E-state index in [1.807, 2.05) is 0 Å². The van der Waals surface area contributed by atoms with Crippen LogP contribution in [-0.4, -0.2) is 0 Å². The molecule has 0 amide bonds. The van der Waals surface area contributed by atoms with Gasteiger partial charge in [-0.25, -0.2) is 0 Å². The van der Waals surface area contributed by atoms with Crippen molar-refractivity contribution in [2.75, 3.05) is 0 Å². The molecule has 3 aliphatic carbocycles. The topological polar surface area (TPSA) is 0 Å². The van der Waals surface area contributed by atoms with Gasteiger partial charge in [-0.2, -0.15) is 0 Å². The standard InChI is InChI=1S/C15H24/c1-10-7-11-8-14(2,3)9-13(11)15(4)6-5-12(10)15/h7,11-13H,5-6,8-9H2,1-4H3/t11-,12+,13+,15+/m1/s1. The highest BCUT2D eigenvalue weighted by atomic mass is 14.6. The first-order valence-electron chi connectivity index (χ1n) is 6.61. The first kappa shape index (κ1) is 9.93. The molecule has 0 aromatic heterocycles. The minimum atomic E-state index is 0.597. The van der Waals surface area contributed by atoms with Gasteiger partial charge in [0.15, 0.2) is 0 Å². The van der Waals surface area contributed by atoms with Crippen LogP contribution in [0.2, 0.25) is 0 Å². The van der Waals surface area contributed by atoms with Crippen molar-refractivity contribution in [2.45, 2.75) is 53.4 Å². The lowest BCUT2D eigenvalue weighted by Gasteiger charge is -2.56. The molecule has 4 atom stereocenters. The fourth-order valence-electron chi connectivity index (χ4n) is 4.90. The molecular formula is C15H24. The van der Waals surface area contributed by atoms with E-state index in [4.69, 9.17) is 0 Å². The monoisotopic (exact) mass is 204 g/mol. The minimum absolute atomic E-state index is 0.597. The molecule has 3 aliphatic rings. The Bertz CT molecular complexity index is 323. The molecule has 0 spiro atoms. The summed E-state index contributed by atoms with van der Waals surface area (Å²) in [5, 5.41) is 0. The summed E-state index contributed by atoms with van der Waals surface area (Å²) in [6, 6.07) is 0. The van der Waals surface area contributed by atoms with E-state index in [0.717, 1.165) is 17.8 Å². The molecule has 0 N–H and O–H groups in total. The largest absolute Gasteiger partial charge is 0.0819 e. The van der Waals surface area contributed by atoms with Gasteiger partial charge < -0.3 is 0 Å². The van der Waals surface area contributed by atoms with Crippen LogP contribution < -0.4 is 0 Å². The summed E-state index contributed by atoms with van der Waals surface area (Å²) in [5.41, 5.74) is 2.99. The fraction of sp³-hybridized carbons (Fsp3) is 0.867. The van der Waals surface area contributed by atoms with E-state index in [-0.39, 0.29) is 0 Å². The molecule has 0 nitrogen and oxygen atoms in total. The maximum Gasteiger partial charge on any atom is -0.0149 e. The predicted octanol–water partition coefficient (Wildman–Crippen LogP) is 4.42. The van der Waals surface area contributed by atoms with Crippen molar-refractivity contribution in [2.24, 2.45) is 28.6 Å². The number of rotatable bonds is 0. The highest BCUT2D eigenvalue weighted by Gasteiger charge is 2.57. The molecular weight excluding hydrogens is 180 g/mol. The van der Waals surface area contributed by atoms with Crippen molar-refractivity contribution in [3.8, 4) is 0 Å². The Hall–Kier alpha value is -0.260. The van der Waals surface area contributed by atoms with Gasteiger partial charge in [0.1, 0.15) is 0 Å². The number of fused-ring (bicyclic) bond motifs is 3. The summed E-state index contributed by atoms with van der Waals surface area (Å²) in [4.78, 5) is 0. The van der Waals surface area contributed by atoms with Gasteiger partial charge in [-0.3, -0.25) is 0 Å². The normalized spacial score (nSPS) is 51.5. The lowest BCUT2D eigenvalue weighted by Crippen LogP contribution is -2.48.